The van der Waals surface area contributed by atoms with Gasteiger partial charge in [-0.2, -0.15) is 4.52 Å². The molecule has 0 aliphatic rings. The smallest absolute Gasteiger partial charge is 0.273 e. The maximum absolute atomic E-state index is 12.7. The second-order valence-electron chi connectivity index (χ2n) is 6.00. The molecule has 0 radical (unpaired) electrons. The predicted molar refractivity (Wildman–Crippen MR) is 103 cm³/mol. The third kappa shape index (κ3) is 2.88. The molecule has 2 N–H and O–H groups in total. The standard InChI is InChI=1S/C20H17N5O/c1-14-10-19-23-17(8-7-15-4-3-9-22-13-15)12-20(26)25(19)24(14)18-6-2-5-16(21)11-18/h2-13H,21H2,1H3/b8-7+. The van der Waals surface area contributed by atoms with Gasteiger partial charge >= 0.3 is 0 Å². The molecule has 128 valence electrons. The third-order valence-electron chi connectivity index (χ3n) is 4.06. The molecule has 0 unspecified atom stereocenters. The molecule has 4 rings (SSSR count). The van der Waals surface area contributed by atoms with Crippen LogP contribution in [0.15, 0.2) is 65.7 Å². The number of aryl methyl sites for hydroxylation is 1. The number of rotatable bonds is 3. The van der Waals surface area contributed by atoms with Crippen LogP contribution < -0.4 is 11.3 Å². The van der Waals surface area contributed by atoms with Crippen molar-refractivity contribution in [3.05, 3.63) is 88.2 Å². The molecule has 6 heteroatoms. The Morgan fingerprint density at radius 2 is 1.96 bits per heavy atom. The van der Waals surface area contributed by atoms with Crippen LogP contribution in [0, 0.1) is 6.92 Å². The van der Waals surface area contributed by atoms with Gasteiger partial charge in [0.2, 0.25) is 0 Å². The highest BCUT2D eigenvalue weighted by molar-refractivity contribution is 5.68. The fourth-order valence-corrected chi connectivity index (χ4v) is 2.93. The molecule has 0 aliphatic carbocycles. The highest BCUT2D eigenvalue weighted by Gasteiger charge is 2.11. The van der Waals surface area contributed by atoms with Crippen LogP contribution in [0.2, 0.25) is 0 Å². The summed E-state index contributed by atoms with van der Waals surface area (Å²) in [5.41, 5.74) is 10.2. The summed E-state index contributed by atoms with van der Waals surface area (Å²) in [6.07, 6.45) is 7.16. The van der Waals surface area contributed by atoms with E-state index >= 15 is 0 Å². The zero-order chi connectivity index (χ0) is 18.1. The number of anilines is 1. The third-order valence-corrected chi connectivity index (χ3v) is 4.06. The van der Waals surface area contributed by atoms with Crippen molar-refractivity contribution in [2.45, 2.75) is 6.92 Å². The molecule has 0 saturated heterocycles. The average molecular weight is 343 g/mol. The van der Waals surface area contributed by atoms with Crippen LogP contribution in [-0.2, 0) is 0 Å². The number of nitrogen functional groups attached to an aromatic ring is 1. The van der Waals surface area contributed by atoms with Gasteiger partial charge in [0.15, 0.2) is 5.65 Å². The van der Waals surface area contributed by atoms with Gasteiger partial charge in [-0.1, -0.05) is 18.2 Å². The van der Waals surface area contributed by atoms with Crippen molar-refractivity contribution in [1.29, 1.82) is 0 Å². The Morgan fingerprint density at radius 3 is 2.73 bits per heavy atom. The van der Waals surface area contributed by atoms with Crippen LogP contribution >= 0.6 is 0 Å². The molecule has 0 bridgehead atoms. The van der Waals surface area contributed by atoms with Crippen molar-refractivity contribution in [2.75, 3.05) is 5.73 Å². The van der Waals surface area contributed by atoms with Gasteiger partial charge in [0.1, 0.15) is 0 Å². The molecule has 3 heterocycles. The van der Waals surface area contributed by atoms with E-state index in [9.17, 15) is 4.79 Å². The van der Waals surface area contributed by atoms with Crippen LogP contribution in [0.1, 0.15) is 17.0 Å². The Morgan fingerprint density at radius 1 is 1.08 bits per heavy atom. The lowest BCUT2D eigenvalue weighted by atomic mass is 10.2. The molecule has 0 amide bonds. The Labute approximate surface area is 149 Å². The zero-order valence-corrected chi connectivity index (χ0v) is 14.2. The van der Waals surface area contributed by atoms with Crippen molar-refractivity contribution in [3.8, 4) is 5.69 Å². The van der Waals surface area contributed by atoms with Gasteiger partial charge in [-0.15, -0.1) is 0 Å². The Kier molecular flexibility index (Phi) is 3.85. The molecule has 1 aromatic carbocycles. The quantitative estimate of drug-likeness (QED) is 0.580. The lowest BCUT2D eigenvalue weighted by Crippen LogP contribution is -2.20. The summed E-state index contributed by atoms with van der Waals surface area (Å²) in [5.74, 6) is 0. The normalized spacial score (nSPS) is 11.4. The minimum Gasteiger partial charge on any atom is -0.399 e. The number of nitrogens with zero attached hydrogens (tertiary/aromatic N) is 4. The first-order chi connectivity index (χ1) is 12.6. The van der Waals surface area contributed by atoms with Gasteiger partial charge in [-0.25, -0.2) is 9.67 Å². The minimum absolute atomic E-state index is 0.156. The number of pyridine rings is 1. The number of fused-ring (bicyclic) bond motifs is 1. The van der Waals surface area contributed by atoms with Crippen molar-refractivity contribution >= 4 is 23.5 Å². The highest BCUT2D eigenvalue weighted by atomic mass is 16.1. The van der Waals surface area contributed by atoms with Gasteiger partial charge in [0.05, 0.1) is 11.4 Å². The van der Waals surface area contributed by atoms with Gasteiger partial charge in [0.25, 0.3) is 5.56 Å². The molecular formula is C20H17N5O. The number of hydrogen-bond acceptors (Lipinski definition) is 4. The molecule has 6 nitrogen and oxygen atoms in total. The first kappa shape index (κ1) is 15.8. The minimum atomic E-state index is -0.156. The topological polar surface area (TPSA) is 78.2 Å². The first-order valence-corrected chi connectivity index (χ1v) is 8.18. The molecule has 0 atom stereocenters. The molecule has 4 aromatic rings. The molecule has 0 saturated carbocycles. The van der Waals surface area contributed by atoms with Gasteiger partial charge < -0.3 is 5.73 Å². The number of aromatic nitrogens is 4. The molecular weight excluding hydrogens is 326 g/mol. The molecule has 0 spiro atoms. The Balaban J connectivity index is 1.83. The van der Waals surface area contributed by atoms with Crippen molar-refractivity contribution in [2.24, 2.45) is 0 Å². The summed E-state index contributed by atoms with van der Waals surface area (Å²) in [6, 6.07) is 14.6. The summed E-state index contributed by atoms with van der Waals surface area (Å²) in [5, 5.41) is 0. The zero-order valence-electron chi connectivity index (χ0n) is 14.2. The summed E-state index contributed by atoms with van der Waals surface area (Å²) in [7, 11) is 0. The second kappa shape index (κ2) is 6.33. The fraction of sp³-hybridized carbons (Fsp3) is 0.0500. The maximum atomic E-state index is 12.7. The Bertz CT molecular complexity index is 1170. The monoisotopic (exact) mass is 343 g/mol. The Hall–Kier alpha value is -3.67. The van der Waals surface area contributed by atoms with Crippen molar-refractivity contribution in [1.82, 2.24) is 19.2 Å². The van der Waals surface area contributed by atoms with Crippen LogP contribution in [0.5, 0.6) is 0 Å². The van der Waals surface area contributed by atoms with E-state index < -0.39 is 0 Å². The lowest BCUT2D eigenvalue weighted by Gasteiger charge is -2.09. The largest absolute Gasteiger partial charge is 0.399 e. The molecule has 0 fully saturated rings. The fourth-order valence-electron chi connectivity index (χ4n) is 2.93. The first-order valence-electron chi connectivity index (χ1n) is 8.18. The van der Waals surface area contributed by atoms with Crippen LogP contribution in [0.3, 0.4) is 0 Å². The van der Waals surface area contributed by atoms with Gasteiger partial charge in [0, 0.05) is 35.9 Å². The van der Waals surface area contributed by atoms with E-state index in [1.807, 2.05) is 66.2 Å². The van der Waals surface area contributed by atoms with E-state index in [0.29, 0.717) is 17.0 Å². The predicted octanol–water partition coefficient (Wildman–Crippen LogP) is 2.94. The van der Waals surface area contributed by atoms with E-state index in [0.717, 1.165) is 16.9 Å². The average Bonchev–Trinajstić information content (AvgIpc) is 2.97. The summed E-state index contributed by atoms with van der Waals surface area (Å²) < 4.78 is 3.36. The van der Waals surface area contributed by atoms with E-state index in [-0.39, 0.29) is 5.56 Å². The summed E-state index contributed by atoms with van der Waals surface area (Å²) in [4.78, 5) is 21.4. The molecule has 26 heavy (non-hydrogen) atoms. The van der Waals surface area contributed by atoms with Crippen LogP contribution in [-0.4, -0.2) is 19.2 Å². The van der Waals surface area contributed by atoms with Crippen LogP contribution in [0.4, 0.5) is 5.69 Å². The number of hydrogen-bond donors (Lipinski definition) is 1. The van der Waals surface area contributed by atoms with E-state index in [1.54, 1.807) is 16.9 Å². The second-order valence-corrected chi connectivity index (χ2v) is 6.00. The van der Waals surface area contributed by atoms with Crippen LogP contribution in [0.25, 0.3) is 23.5 Å². The maximum Gasteiger partial charge on any atom is 0.273 e. The van der Waals surface area contributed by atoms with Gasteiger partial charge in [-0.3, -0.25) is 9.78 Å². The summed E-state index contributed by atoms with van der Waals surface area (Å²) >= 11 is 0. The van der Waals surface area contributed by atoms with E-state index in [1.165, 1.54) is 6.07 Å². The SMILES string of the molecule is Cc1cc2nc(/C=C/c3cccnc3)cc(=O)n2n1-c1cccc(N)c1. The van der Waals surface area contributed by atoms with E-state index in [4.69, 9.17) is 5.73 Å². The van der Waals surface area contributed by atoms with E-state index in [2.05, 4.69) is 9.97 Å². The van der Waals surface area contributed by atoms with Gasteiger partial charge in [-0.05, 0) is 42.8 Å². The number of nitrogens with two attached hydrogens (primary N) is 1. The lowest BCUT2D eigenvalue weighted by molar-refractivity contribution is 0.743. The highest BCUT2D eigenvalue weighted by Crippen LogP contribution is 2.17. The summed E-state index contributed by atoms with van der Waals surface area (Å²) in [6.45, 7) is 1.93. The molecule has 0 aliphatic heterocycles. The van der Waals surface area contributed by atoms with Crippen molar-refractivity contribution in [3.63, 3.8) is 0 Å². The van der Waals surface area contributed by atoms with Crippen molar-refractivity contribution < 1.29 is 0 Å². The molecule has 3 aromatic heterocycles. The number of benzene rings is 1.